The minimum atomic E-state index is -4.61. The van der Waals surface area contributed by atoms with Crippen LogP contribution in [0.1, 0.15) is 21.5 Å². The third kappa shape index (κ3) is 4.68. The Morgan fingerprint density at radius 2 is 1.89 bits per heavy atom. The zero-order valence-corrected chi connectivity index (χ0v) is 14.3. The molecule has 4 nitrogen and oxygen atoms in total. The Labute approximate surface area is 159 Å². The summed E-state index contributed by atoms with van der Waals surface area (Å²) in [4.78, 5) is 16.2. The van der Waals surface area contributed by atoms with Gasteiger partial charge in [0.05, 0.1) is 11.8 Å². The number of carbonyl (C=O) groups is 1. The van der Waals surface area contributed by atoms with Gasteiger partial charge in [-0.05, 0) is 42.5 Å². The van der Waals surface area contributed by atoms with Gasteiger partial charge in [-0.3, -0.25) is 9.78 Å². The summed E-state index contributed by atoms with van der Waals surface area (Å²) in [5, 5.41) is 2.45. The molecule has 0 radical (unpaired) electrons. The number of nitrogens with one attached hydrogen (secondary N) is 1. The van der Waals surface area contributed by atoms with Crippen molar-refractivity contribution in [2.75, 3.05) is 5.32 Å². The predicted octanol–water partition coefficient (Wildman–Crippen LogP) is 5.13. The first kappa shape index (κ1) is 19.0. The van der Waals surface area contributed by atoms with Gasteiger partial charge in [0.15, 0.2) is 0 Å². The van der Waals surface area contributed by atoms with Crippen LogP contribution >= 0.6 is 0 Å². The van der Waals surface area contributed by atoms with E-state index in [2.05, 4.69) is 16.2 Å². The lowest BCUT2D eigenvalue weighted by Gasteiger charge is -2.14. The molecule has 0 saturated heterocycles. The molecule has 3 rings (SSSR count). The number of ether oxygens (including phenoxy) is 1. The van der Waals surface area contributed by atoms with Crippen molar-refractivity contribution in [3.05, 3.63) is 83.7 Å². The summed E-state index contributed by atoms with van der Waals surface area (Å²) < 4.78 is 45.2. The second-order valence-corrected chi connectivity index (χ2v) is 5.71. The molecule has 0 spiro atoms. The minimum absolute atomic E-state index is 0.0650. The number of anilines is 1. The molecule has 1 aromatic heterocycles. The SMILES string of the molecule is C#Cc1cccc(C(=O)Nc2cc(Oc3cccnc3)cc(C(F)(F)F)c2)c1. The number of terminal acetylenes is 1. The molecule has 1 N–H and O–H groups in total. The zero-order valence-electron chi connectivity index (χ0n) is 14.3. The van der Waals surface area contributed by atoms with E-state index in [1.807, 2.05) is 0 Å². The summed E-state index contributed by atoms with van der Waals surface area (Å²) in [6.45, 7) is 0. The summed E-state index contributed by atoms with van der Waals surface area (Å²) >= 11 is 0. The smallest absolute Gasteiger partial charge is 0.416 e. The number of pyridine rings is 1. The maximum absolute atomic E-state index is 13.2. The molecule has 0 aliphatic heterocycles. The number of nitrogens with zero attached hydrogens (tertiary/aromatic N) is 1. The predicted molar refractivity (Wildman–Crippen MR) is 98.1 cm³/mol. The molecule has 140 valence electrons. The van der Waals surface area contributed by atoms with E-state index in [1.54, 1.807) is 24.3 Å². The number of hydrogen-bond acceptors (Lipinski definition) is 3. The summed E-state index contributed by atoms with van der Waals surface area (Å²) in [7, 11) is 0. The quantitative estimate of drug-likeness (QED) is 0.637. The lowest BCUT2D eigenvalue weighted by molar-refractivity contribution is -0.137. The van der Waals surface area contributed by atoms with Gasteiger partial charge in [-0.2, -0.15) is 13.2 Å². The van der Waals surface area contributed by atoms with Gasteiger partial charge < -0.3 is 10.1 Å². The molecule has 3 aromatic rings. The van der Waals surface area contributed by atoms with Crippen LogP contribution in [0.5, 0.6) is 11.5 Å². The molecule has 0 aliphatic rings. The van der Waals surface area contributed by atoms with Crippen molar-refractivity contribution in [3.63, 3.8) is 0 Å². The molecule has 0 saturated carbocycles. The monoisotopic (exact) mass is 382 g/mol. The third-order valence-corrected chi connectivity index (χ3v) is 3.65. The lowest BCUT2D eigenvalue weighted by Crippen LogP contribution is -2.13. The molecule has 2 aromatic carbocycles. The molecule has 0 unspecified atom stereocenters. The van der Waals surface area contributed by atoms with Crippen molar-refractivity contribution in [1.29, 1.82) is 0 Å². The van der Waals surface area contributed by atoms with Gasteiger partial charge in [0, 0.05) is 29.1 Å². The van der Waals surface area contributed by atoms with Crippen LogP contribution in [0.15, 0.2) is 67.0 Å². The molecule has 0 aliphatic carbocycles. The summed E-state index contributed by atoms with van der Waals surface area (Å²) in [5.41, 5.74) is -0.314. The maximum Gasteiger partial charge on any atom is 0.416 e. The van der Waals surface area contributed by atoms with E-state index < -0.39 is 17.6 Å². The first-order chi connectivity index (χ1) is 13.3. The highest BCUT2D eigenvalue weighted by Crippen LogP contribution is 2.35. The average Bonchev–Trinajstić information content (AvgIpc) is 2.68. The van der Waals surface area contributed by atoms with Gasteiger partial charge in [-0.25, -0.2) is 0 Å². The highest BCUT2D eigenvalue weighted by atomic mass is 19.4. The zero-order chi connectivity index (χ0) is 20.1. The summed E-state index contributed by atoms with van der Waals surface area (Å²) in [5.74, 6) is 1.98. The number of halogens is 3. The lowest BCUT2D eigenvalue weighted by atomic mass is 10.1. The Morgan fingerprint density at radius 1 is 1.07 bits per heavy atom. The molecule has 7 heteroatoms. The van der Waals surface area contributed by atoms with E-state index in [1.165, 1.54) is 30.6 Å². The van der Waals surface area contributed by atoms with Crippen LogP contribution in [-0.4, -0.2) is 10.9 Å². The van der Waals surface area contributed by atoms with Crippen molar-refractivity contribution in [2.45, 2.75) is 6.18 Å². The Hall–Kier alpha value is -3.79. The van der Waals surface area contributed by atoms with Crippen LogP contribution in [0.25, 0.3) is 0 Å². The Balaban J connectivity index is 1.92. The Kier molecular flexibility index (Phi) is 5.32. The highest BCUT2D eigenvalue weighted by Gasteiger charge is 2.31. The van der Waals surface area contributed by atoms with Gasteiger partial charge in [0.2, 0.25) is 0 Å². The number of rotatable bonds is 4. The van der Waals surface area contributed by atoms with E-state index >= 15 is 0 Å². The van der Waals surface area contributed by atoms with E-state index in [0.29, 0.717) is 5.56 Å². The van der Waals surface area contributed by atoms with Gasteiger partial charge in [0.25, 0.3) is 5.91 Å². The van der Waals surface area contributed by atoms with Crippen LogP contribution in [0, 0.1) is 12.3 Å². The average molecular weight is 382 g/mol. The Morgan fingerprint density at radius 3 is 2.57 bits per heavy atom. The number of alkyl halides is 3. The molecule has 1 amide bonds. The fourth-order valence-electron chi connectivity index (χ4n) is 2.39. The topological polar surface area (TPSA) is 51.2 Å². The number of amides is 1. The molecule has 0 bridgehead atoms. The van der Waals surface area contributed by atoms with Crippen molar-refractivity contribution < 1.29 is 22.7 Å². The molecule has 28 heavy (non-hydrogen) atoms. The molecule has 0 atom stereocenters. The number of carbonyl (C=O) groups excluding carboxylic acids is 1. The van der Waals surface area contributed by atoms with E-state index in [4.69, 9.17) is 11.2 Å². The number of aromatic nitrogens is 1. The largest absolute Gasteiger partial charge is 0.456 e. The molecule has 1 heterocycles. The van der Waals surface area contributed by atoms with Crippen LogP contribution in [-0.2, 0) is 6.18 Å². The van der Waals surface area contributed by atoms with Gasteiger partial charge in [-0.15, -0.1) is 6.42 Å². The molecular weight excluding hydrogens is 369 g/mol. The van der Waals surface area contributed by atoms with Crippen LogP contribution < -0.4 is 10.1 Å². The first-order valence-corrected chi connectivity index (χ1v) is 8.03. The van der Waals surface area contributed by atoms with E-state index in [9.17, 15) is 18.0 Å². The van der Waals surface area contributed by atoms with Crippen LogP contribution in [0.2, 0.25) is 0 Å². The van der Waals surface area contributed by atoms with Gasteiger partial charge in [-0.1, -0.05) is 12.0 Å². The fraction of sp³-hybridized carbons (Fsp3) is 0.0476. The summed E-state index contributed by atoms with van der Waals surface area (Å²) in [6.07, 6.45) is 3.56. The molecular formula is C21H13F3N2O2. The Bertz CT molecular complexity index is 1040. The summed E-state index contributed by atoms with van der Waals surface area (Å²) in [6, 6.07) is 12.3. The minimum Gasteiger partial charge on any atom is -0.456 e. The molecule has 0 fully saturated rings. The third-order valence-electron chi connectivity index (χ3n) is 3.65. The second-order valence-electron chi connectivity index (χ2n) is 5.71. The number of hydrogen-bond donors (Lipinski definition) is 1. The van der Waals surface area contributed by atoms with Crippen molar-refractivity contribution in [1.82, 2.24) is 4.98 Å². The van der Waals surface area contributed by atoms with Gasteiger partial charge >= 0.3 is 6.18 Å². The standard InChI is InChI=1S/C21H13F3N2O2/c1-2-14-5-3-6-15(9-14)20(27)26-17-10-16(21(22,23)24)11-19(12-17)28-18-7-4-8-25-13-18/h1,3-13H,(H,26,27). The second kappa shape index (κ2) is 7.84. The first-order valence-electron chi connectivity index (χ1n) is 8.03. The van der Waals surface area contributed by atoms with Crippen LogP contribution in [0.3, 0.4) is 0 Å². The van der Waals surface area contributed by atoms with Crippen LogP contribution in [0.4, 0.5) is 18.9 Å². The fourth-order valence-corrected chi connectivity index (χ4v) is 2.39. The highest BCUT2D eigenvalue weighted by molar-refractivity contribution is 6.04. The maximum atomic E-state index is 13.2. The van der Waals surface area contributed by atoms with Crippen molar-refractivity contribution in [3.8, 4) is 23.8 Å². The van der Waals surface area contributed by atoms with Crippen molar-refractivity contribution >= 4 is 11.6 Å². The van der Waals surface area contributed by atoms with E-state index in [-0.39, 0.29) is 22.7 Å². The number of benzene rings is 2. The normalized spacial score (nSPS) is 10.8. The van der Waals surface area contributed by atoms with E-state index in [0.717, 1.165) is 12.1 Å². The van der Waals surface area contributed by atoms with Crippen molar-refractivity contribution in [2.24, 2.45) is 0 Å². The van der Waals surface area contributed by atoms with Gasteiger partial charge in [0.1, 0.15) is 11.5 Å².